The van der Waals surface area contributed by atoms with Crippen LogP contribution >= 0.6 is 0 Å². The third kappa shape index (κ3) is 4.67. The molecule has 0 amide bonds. The minimum Gasteiger partial charge on any atom is -0.456 e. The second-order valence-corrected chi connectivity index (χ2v) is 13.3. The molecule has 0 aliphatic rings. The standard InChI is InChI=1S/C47H27N3O2/c1-3-9-30-23-32(15-13-28(30)7-1)33-19-22-42-40(25-33)39-21-18-36(27-44(39)52-42)47-49-45(34-16-14-29-8-2-4-10-31(29)24-34)48-46(50-47)35-17-20-38-37-11-5-6-12-41(37)51-43(38)26-35/h1-27H. The van der Waals surface area contributed by atoms with E-state index in [2.05, 4.69) is 121 Å². The van der Waals surface area contributed by atoms with Crippen molar-refractivity contribution in [1.29, 1.82) is 0 Å². The predicted octanol–water partition coefficient (Wildman–Crippen LogP) is 12.6. The Kier molecular flexibility index (Phi) is 6.18. The molecule has 0 bridgehead atoms. The van der Waals surface area contributed by atoms with E-state index in [-0.39, 0.29) is 0 Å². The van der Waals surface area contributed by atoms with E-state index in [1.807, 2.05) is 42.5 Å². The van der Waals surface area contributed by atoms with Crippen LogP contribution < -0.4 is 0 Å². The predicted molar refractivity (Wildman–Crippen MR) is 211 cm³/mol. The normalized spacial score (nSPS) is 11.8. The molecule has 242 valence electrons. The number of hydrogen-bond acceptors (Lipinski definition) is 5. The Hall–Kier alpha value is -7.11. The number of aromatic nitrogens is 3. The molecule has 0 atom stereocenters. The van der Waals surface area contributed by atoms with Crippen LogP contribution in [0.15, 0.2) is 173 Å². The summed E-state index contributed by atoms with van der Waals surface area (Å²) in [6.07, 6.45) is 0. The topological polar surface area (TPSA) is 65.0 Å². The maximum absolute atomic E-state index is 6.45. The fourth-order valence-electron chi connectivity index (χ4n) is 7.42. The molecule has 0 aliphatic carbocycles. The molecule has 11 rings (SSSR count). The van der Waals surface area contributed by atoms with Crippen LogP contribution in [0.3, 0.4) is 0 Å². The van der Waals surface area contributed by atoms with Crippen molar-refractivity contribution in [3.8, 4) is 45.3 Å². The van der Waals surface area contributed by atoms with Gasteiger partial charge in [0, 0.05) is 38.2 Å². The lowest BCUT2D eigenvalue weighted by Gasteiger charge is -2.09. The molecule has 3 aromatic heterocycles. The van der Waals surface area contributed by atoms with Crippen molar-refractivity contribution < 1.29 is 8.83 Å². The number of fused-ring (bicyclic) bond motifs is 8. The molecule has 0 radical (unpaired) electrons. The summed E-state index contributed by atoms with van der Waals surface area (Å²) < 4.78 is 12.7. The Labute approximate surface area is 297 Å². The third-order valence-corrected chi connectivity index (χ3v) is 10.1. The first-order chi connectivity index (χ1) is 25.7. The highest BCUT2D eigenvalue weighted by molar-refractivity contribution is 6.08. The Morgan fingerprint density at radius 3 is 1.35 bits per heavy atom. The van der Waals surface area contributed by atoms with E-state index in [4.69, 9.17) is 23.8 Å². The Morgan fingerprint density at radius 2 is 0.692 bits per heavy atom. The summed E-state index contributed by atoms with van der Waals surface area (Å²) in [4.78, 5) is 15.1. The zero-order chi connectivity index (χ0) is 34.2. The van der Waals surface area contributed by atoms with Gasteiger partial charge in [0.15, 0.2) is 17.5 Å². The number of furan rings is 2. The van der Waals surface area contributed by atoms with Gasteiger partial charge in [0.1, 0.15) is 22.3 Å². The van der Waals surface area contributed by atoms with Gasteiger partial charge in [-0.1, -0.05) is 109 Å². The summed E-state index contributed by atoms with van der Waals surface area (Å²) in [6, 6.07) is 56.6. The van der Waals surface area contributed by atoms with Crippen LogP contribution in [0.4, 0.5) is 0 Å². The highest BCUT2D eigenvalue weighted by Crippen LogP contribution is 2.37. The number of nitrogens with zero attached hydrogens (tertiary/aromatic N) is 3. The molecule has 52 heavy (non-hydrogen) atoms. The molecular formula is C47H27N3O2. The second-order valence-electron chi connectivity index (χ2n) is 13.3. The molecule has 0 spiro atoms. The lowest BCUT2D eigenvalue weighted by Crippen LogP contribution is -2.00. The summed E-state index contributed by atoms with van der Waals surface area (Å²) >= 11 is 0. The minimum absolute atomic E-state index is 0.567. The van der Waals surface area contributed by atoms with Crippen molar-refractivity contribution in [2.24, 2.45) is 0 Å². The van der Waals surface area contributed by atoms with Crippen LogP contribution in [0.1, 0.15) is 0 Å². The van der Waals surface area contributed by atoms with E-state index < -0.39 is 0 Å². The fourth-order valence-corrected chi connectivity index (χ4v) is 7.42. The van der Waals surface area contributed by atoms with Crippen molar-refractivity contribution in [2.75, 3.05) is 0 Å². The first-order valence-corrected chi connectivity index (χ1v) is 17.3. The lowest BCUT2D eigenvalue weighted by atomic mass is 9.99. The molecule has 11 aromatic rings. The zero-order valence-electron chi connectivity index (χ0n) is 27.7. The van der Waals surface area contributed by atoms with Gasteiger partial charge in [-0.2, -0.15) is 0 Å². The van der Waals surface area contributed by atoms with Gasteiger partial charge in [-0.3, -0.25) is 0 Å². The van der Waals surface area contributed by atoms with Crippen LogP contribution in [-0.2, 0) is 0 Å². The molecule has 0 saturated carbocycles. The number of benzene rings is 8. The highest BCUT2D eigenvalue weighted by Gasteiger charge is 2.17. The van der Waals surface area contributed by atoms with Crippen LogP contribution in [0.5, 0.6) is 0 Å². The van der Waals surface area contributed by atoms with E-state index >= 15 is 0 Å². The third-order valence-electron chi connectivity index (χ3n) is 10.1. The summed E-state index contributed by atoms with van der Waals surface area (Å²) in [5.74, 6) is 1.73. The van der Waals surface area contributed by atoms with Gasteiger partial charge in [0.25, 0.3) is 0 Å². The van der Waals surface area contributed by atoms with Crippen molar-refractivity contribution in [3.63, 3.8) is 0 Å². The van der Waals surface area contributed by atoms with Gasteiger partial charge < -0.3 is 8.83 Å². The highest BCUT2D eigenvalue weighted by atomic mass is 16.3. The maximum Gasteiger partial charge on any atom is 0.164 e. The SMILES string of the molecule is c1ccc2cc(-c3ccc4oc5cc(-c6nc(-c7ccc8ccccc8c7)nc(-c7ccc8c(c7)oc7ccccc78)n6)ccc5c4c3)ccc2c1. The molecular weight excluding hydrogens is 639 g/mol. The number of para-hydroxylation sites is 1. The largest absolute Gasteiger partial charge is 0.456 e. The van der Waals surface area contributed by atoms with Crippen molar-refractivity contribution in [2.45, 2.75) is 0 Å². The summed E-state index contributed by atoms with van der Waals surface area (Å²) in [6.45, 7) is 0. The average Bonchev–Trinajstić information content (AvgIpc) is 3.77. The van der Waals surface area contributed by atoms with Crippen LogP contribution in [0.2, 0.25) is 0 Å². The number of rotatable bonds is 4. The quantitative estimate of drug-likeness (QED) is 0.187. The van der Waals surface area contributed by atoms with E-state index in [0.717, 1.165) is 76.9 Å². The van der Waals surface area contributed by atoms with Gasteiger partial charge in [0.2, 0.25) is 0 Å². The maximum atomic E-state index is 6.45. The molecule has 8 aromatic carbocycles. The summed E-state index contributed by atoms with van der Waals surface area (Å²) in [5.41, 5.74) is 8.19. The summed E-state index contributed by atoms with van der Waals surface area (Å²) in [5, 5.41) is 8.99. The molecule has 3 heterocycles. The Bertz CT molecular complexity index is 3210. The van der Waals surface area contributed by atoms with Gasteiger partial charge in [0.05, 0.1) is 0 Å². The summed E-state index contributed by atoms with van der Waals surface area (Å²) in [7, 11) is 0. The smallest absolute Gasteiger partial charge is 0.164 e. The van der Waals surface area contributed by atoms with Gasteiger partial charge in [-0.25, -0.2) is 15.0 Å². The molecule has 0 saturated heterocycles. The Balaban J connectivity index is 1.05. The molecule has 0 fully saturated rings. The van der Waals surface area contributed by atoms with Crippen LogP contribution in [0, 0.1) is 0 Å². The van der Waals surface area contributed by atoms with Crippen LogP contribution in [-0.4, -0.2) is 15.0 Å². The fraction of sp³-hybridized carbons (Fsp3) is 0. The monoisotopic (exact) mass is 665 g/mol. The minimum atomic E-state index is 0.567. The van der Waals surface area contributed by atoms with Crippen molar-refractivity contribution in [3.05, 3.63) is 164 Å². The lowest BCUT2D eigenvalue weighted by molar-refractivity contribution is 0.668. The van der Waals surface area contributed by atoms with Gasteiger partial charge in [-0.15, -0.1) is 0 Å². The van der Waals surface area contributed by atoms with E-state index in [0.29, 0.717) is 17.5 Å². The van der Waals surface area contributed by atoms with Crippen LogP contribution in [0.25, 0.3) is 111 Å². The Morgan fingerprint density at radius 1 is 0.269 bits per heavy atom. The van der Waals surface area contributed by atoms with E-state index in [9.17, 15) is 0 Å². The molecule has 0 unspecified atom stereocenters. The molecule has 5 nitrogen and oxygen atoms in total. The van der Waals surface area contributed by atoms with Gasteiger partial charge >= 0.3 is 0 Å². The second kappa shape index (κ2) is 11.2. The molecule has 5 heteroatoms. The average molecular weight is 666 g/mol. The van der Waals surface area contributed by atoms with E-state index in [1.54, 1.807) is 0 Å². The first kappa shape index (κ1) is 28.7. The van der Waals surface area contributed by atoms with E-state index in [1.165, 1.54) is 16.3 Å². The van der Waals surface area contributed by atoms with Gasteiger partial charge in [-0.05, 0) is 87.3 Å². The number of hydrogen-bond donors (Lipinski definition) is 0. The van der Waals surface area contributed by atoms with Crippen molar-refractivity contribution >= 4 is 65.4 Å². The molecule has 0 N–H and O–H groups in total. The molecule has 0 aliphatic heterocycles. The zero-order valence-corrected chi connectivity index (χ0v) is 27.7. The van der Waals surface area contributed by atoms with Crippen molar-refractivity contribution in [1.82, 2.24) is 15.0 Å². The first-order valence-electron chi connectivity index (χ1n) is 17.3.